The van der Waals surface area contributed by atoms with Crippen molar-refractivity contribution in [2.45, 2.75) is 50.7 Å². The SMILES string of the molecule is COC(C)(C)C(=O)NC1(CO)CCCC1. The minimum atomic E-state index is -0.829. The Morgan fingerprint density at radius 3 is 2.40 bits per heavy atom. The van der Waals surface area contributed by atoms with Crippen molar-refractivity contribution in [3.05, 3.63) is 0 Å². The molecule has 1 fully saturated rings. The van der Waals surface area contributed by atoms with Crippen LogP contribution < -0.4 is 5.32 Å². The van der Waals surface area contributed by atoms with Gasteiger partial charge in [0.05, 0.1) is 12.1 Å². The number of hydrogen-bond acceptors (Lipinski definition) is 3. The summed E-state index contributed by atoms with van der Waals surface area (Å²) in [5.74, 6) is -0.152. The number of carbonyl (C=O) groups is 1. The molecule has 0 spiro atoms. The zero-order valence-corrected chi connectivity index (χ0v) is 9.80. The van der Waals surface area contributed by atoms with E-state index in [0.717, 1.165) is 25.7 Å². The van der Waals surface area contributed by atoms with Crippen LogP contribution >= 0.6 is 0 Å². The van der Waals surface area contributed by atoms with E-state index >= 15 is 0 Å². The Labute approximate surface area is 91.0 Å². The second kappa shape index (κ2) is 4.49. The Balaban J connectivity index is 2.63. The van der Waals surface area contributed by atoms with E-state index in [1.165, 1.54) is 7.11 Å². The Morgan fingerprint density at radius 1 is 1.47 bits per heavy atom. The first-order valence-electron chi connectivity index (χ1n) is 5.44. The van der Waals surface area contributed by atoms with E-state index in [4.69, 9.17) is 4.74 Å². The van der Waals surface area contributed by atoms with Crippen molar-refractivity contribution in [3.8, 4) is 0 Å². The van der Waals surface area contributed by atoms with Crippen molar-refractivity contribution in [1.29, 1.82) is 0 Å². The summed E-state index contributed by atoms with van der Waals surface area (Å²) in [4.78, 5) is 11.9. The van der Waals surface area contributed by atoms with E-state index in [1.54, 1.807) is 13.8 Å². The second-order valence-corrected chi connectivity index (χ2v) is 4.81. The van der Waals surface area contributed by atoms with Gasteiger partial charge in [-0.3, -0.25) is 4.79 Å². The summed E-state index contributed by atoms with van der Waals surface area (Å²) < 4.78 is 5.11. The molecule has 1 saturated carbocycles. The van der Waals surface area contributed by atoms with Crippen molar-refractivity contribution in [2.24, 2.45) is 0 Å². The molecule has 1 rings (SSSR count). The predicted octanol–water partition coefficient (Wildman–Crippen LogP) is 0.833. The highest BCUT2D eigenvalue weighted by Gasteiger charge is 2.38. The van der Waals surface area contributed by atoms with Crippen LogP contribution in [0.15, 0.2) is 0 Å². The van der Waals surface area contributed by atoms with Crippen LogP contribution in [0.2, 0.25) is 0 Å². The minimum absolute atomic E-state index is 0.0124. The minimum Gasteiger partial charge on any atom is -0.394 e. The van der Waals surface area contributed by atoms with E-state index in [0.29, 0.717) is 0 Å². The molecule has 1 aliphatic rings. The van der Waals surface area contributed by atoms with Crippen molar-refractivity contribution in [2.75, 3.05) is 13.7 Å². The number of carbonyl (C=O) groups excluding carboxylic acids is 1. The quantitative estimate of drug-likeness (QED) is 0.730. The summed E-state index contributed by atoms with van der Waals surface area (Å²) in [6.45, 7) is 3.46. The molecule has 0 bridgehead atoms. The highest BCUT2D eigenvalue weighted by Crippen LogP contribution is 2.29. The summed E-state index contributed by atoms with van der Waals surface area (Å²) in [7, 11) is 1.51. The average molecular weight is 215 g/mol. The largest absolute Gasteiger partial charge is 0.394 e. The molecule has 0 aliphatic heterocycles. The van der Waals surface area contributed by atoms with Crippen molar-refractivity contribution < 1.29 is 14.6 Å². The van der Waals surface area contributed by atoms with Crippen LogP contribution in [0.5, 0.6) is 0 Å². The second-order valence-electron chi connectivity index (χ2n) is 4.81. The maximum absolute atomic E-state index is 11.9. The summed E-state index contributed by atoms with van der Waals surface area (Å²) in [5, 5.41) is 12.3. The summed E-state index contributed by atoms with van der Waals surface area (Å²) in [6, 6.07) is 0. The van der Waals surface area contributed by atoms with Gasteiger partial charge in [0, 0.05) is 7.11 Å². The van der Waals surface area contributed by atoms with E-state index in [1.807, 2.05) is 0 Å². The number of ether oxygens (including phenoxy) is 1. The normalized spacial score (nSPS) is 20.3. The maximum atomic E-state index is 11.9. The van der Waals surface area contributed by atoms with Gasteiger partial charge in [-0.25, -0.2) is 0 Å². The molecule has 0 unspecified atom stereocenters. The first-order chi connectivity index (χ1) is 6.96. The molecule has 0 radical (unpaired) electrons. The van der Waals surface area contributed by atoms with Gasteiger partial charge in [-0.15, -0.1) is 0 Å². The first kappa shape index (κ1) is 12.5. The molecule has 2 N–H and O–H groups in total. The lowest BCUT2D eigenvalue weighted by atomic mass is 9.97. The van der Waals surface area contributed by atoms with Crippen LogP contribution in [0.1, 0.15) is 39.5 Å². The highest BCUT2D eigenvalue weighted by atomic mass is 16.5. The lowest BCUT2D eigenvalue weighted by Crippen LogP contribution is -2.55. The molecular formula is C11H21NO3. The van der Waals surface area contributed by atoms with Crippen LogP contribution in [0, 0.1) is 0 Å². The van der Waals surface area contributed by atoms with Crippen LogP contribution in [-0.4, -0.2) is 35.9 Å². The van der Waals surface area contributed by atoms with Gasteiger partial charge in [0.1, 0.15) is 5.60 Å². The maximum Gasteiger partial charge on any atom is 0.252 e. The average Bonchev–Trinajstić information content (AvgIpc) is 2.67. The molecule has 4 nitrogen and oxygen atoms in total. The third-order valence-corrected chi connectivity index (χ3v) is 3.30. The topological polar surface area (TPSA) is 58.6 Å². The number of nitrogens with one attached hydrogen (secondary N) is 1. The standard InChI is InChI=1S/C11H21NO3/c1-10(2,15-3)9(14)12-11(8-13)6-4-5-7-11/h13H,4-8H2,1-3H3,(H,12,14). The number of rotatable bonds is 4. The molecule has 0 atom stereocenters. The zero-order chi connectivity index (χ0) is 11.5. The summed E-state index contributed by atoms with van der Waals surface area (Å²) in [5.41, 5.74) is -1.24. The highest BCUT2D eigenvalue weighted by molar-refractivity contribution is 5.85. The smallest absolute Gasteiger partial charge is 0.252 e. The van der Waals surface area contributed by atoms with E-state index in [9.17, 15) is 9.90 Å². The molecule has 0 aromatic rings. The predicted molar refractivity (Wildman–Crippen MR) is 57.5 cm³/mol. The number of aliphatic hydroxyl groups is 1. The fraction of sp³-hybridized carbons (Fsp3) is 0.909. The van der Waals surface area contributed by atoms with E-state index in [2.05, 4.69) is 5.32 Å². The number of methoxy groups -OCH3 is 1. The van der Waals surface area contributed by atoms with Gasteiger partial charge in [0.2, 0.25) is 0 Å². The lowest BCUT2D eigenvalue weighted by molar-refractivity contribution is -0.142. The molecule has 4 heteroatoms. The van der Waals surface area contributed by atoms with Crippen molar-refractivity contribution in [3.63, 3.8) is 0 Å². The van der Waals surface area contributed by atoms with Crippen LogP contribution in [0.3, 0.4) is 0 Å². The molecule has 0 aromatic carbocycles. The third kappa shape index (κ3) is 2.69. The fourth-order valence-electron chi connectivity index (χ4n) is 1.86. The fourth-order valence-corrected chi connectivity index (χ4v) is 1.86. The molecule has 0 saturated heterocycles. The van der Waals surface area contributed by atoms with Crippen molar-refractivity contribution >= 4 is 5.91 Å². The molecule has 15 heavy (non-hydrogen) atoms. The Hall–Kier alpha value is -0.610. The Kier molecular flexibility index (Phi) is 3.73. The molecule has 1 aliphatic carbocycles. The van der Waals surface area contributed by atoms with Crippen molar-refractivity contribution in [1.82, 2.24) is 5.32 Å². The molecule has 0 aromatic heterocycles. The van der Waals surface area contributed by atoms with E-state index < -0.39 is 11.1 Å². The van der Waals surface area contributed by atoms with Gasteiger partial charge in [-0.1, -0.05) is 12.8 Å². The number of aliphatic hydroxyl groups excluding tert-OH is 1. The molecule has 1 amide bonds. The zero-order valence-electron chi connectivity index (χ0n) is 9.80. The van der Waals surface area contributed by atoms with Gasteiger partial charge < -0.3 is 15.2 Å². The monoisotopic (exact) mass is 215 g/mol. The van der Waals surface area contributed by atoms with Crippen LogP contribution in [0.25, 0.3) is 0 Å². The third-order valence-electron chi connectivity index (χ3n) is 3.30. The molecular weight excluding hydrogens is 194 g/mol. The van der Waals surface area contributed by atoms with Gasteiger partial charge in [-0.05, 0) is 26.7 Å². The Morgan fingerprint density at radius 2 is 2.00 bits per heavy atom. The summed E-state index contributed by atoms with van der Waals surface area (Å²) >= 11 is 0. The van der Waals surface area contributed by atoms with Gasteiger partial charge in [-0.2, -0.15) is 0 Å². The van der Waals surface area contributed by atoms with E-state index in [-0.39, 0.29) is 12.5 Å². The number of amides is 1. The molecule has 88 valence electrons. The number of hydrogen-bond donors (Lipinski definition) is 2. The van der Waals surface area contributed by atoms with Crippen LogP contribution in [0.4, 0.5) is 0 Å². The van der Waals surface area contributed by atoms with Gasteiger partial charge in [0.15, 0.2) is 0 Å². The Bertz CT molecular complexity index is 232. The van der Waals surface area contributed by atoms with Gasteiger partial charge >= 0.3 is 0 Å². The molecule has 0 heterocycles. The van der Waals surface area contributed by atoms with Crippen LogP contribution in [-0.2, 0) is 9.53 Å². The summed E-state index contributed by atoms with van der Waals surface area (Å²) in [6.07, 6.45) is 3.84. The lowest BCUT2D eigenvalue weighted by Gasteiger charge is -2.32. The first-order valence-corrected chi connectivity index (χ1v) is 5.44. The van der Waals surface area contributed by atoms with Gasteiger partial charge in [0.25, 0.3) is 5.91 Å².